The van der Waals surface area contributed by atoms with Gasteiger partial charge in [-0.25, -0.2) is 0 Å². The topological polar surface area (TPSA) is 9.86 Å². The maximum absolute atomic E-state index is 2.99. The van der Waals surface area contributed by atoms with Gasteiger partial charge in [-0.3, -0.25) is 0 Å². The molecule has 57 heavy (non-hydrogen) atoms. The minimum Gasteiger partial charge on any atom is -0.309 e. The number of benzene rings is 9. The zero-order valence-corrected chi connectivity index (χ0v) is 32.3. The van der Waals surface area contributed by atoms with Crippen LogP contribution in [0.15, 0.2) is 231 Å². The molecule has 3 heteroatoms. The largest absolute Gasteiger partial charge is 0.309 e. The molecule has 0 N–H and O–H groups in total. The molecule has 0 saturated carbocycles. The van der Waals surface area contributed by atoms with Crippen LogP contribution in [0.4, 0.5) is 0 Å². The highest BCUT2D eigenvalue weighted by molar-refractivity contribution is 7.20. The maximum atomic E-state index is 2.58. The lowest BCUT2D eigenvalue weighted by molar-refractivity contribution is 1.16. The molecular formula is C54H38N2Si. The summed E-state index contributed by atoms with van der Waals surface area (Å²) >= 11 is 0. The lowest BCUT2D eigenvalue weighted by atomic mass is 9.99. The second kappa shape index (κ2) is 13.5. The van der Waals surface area contributed by atoms with Crippen molar-refractivity contribution in [2.75, 3.05) is 0 Å². The molecular weight excluding hydrogens is 705 g/mol. The molecule has 9 aromatic carbocycles. The van der Waals surface area contributed by atoms with Gasteiger partial charge in [0.25, 0.3) is 0 Å². The van der Waals surface area contributed by atoms with Crippen LogP contribution in [-0.2, 0) is 0 Å². The molecule has 11 aromatic rings. The van der Waals surface area contributed by atoms with Gasteiger partial charge in [0.1, 0.15) is 0 Å². The lowest BCUT2D eigenvalue weighted by Crippen LogP contribution is -2.75. The summed E-state index contributed by atoms with van der Waals surface area (Å²) in [4.78, 5) is 0. The maximum Gasteiger partial charge on any atom is 0.181 e. The van der Waals surface area contributed by atoms with E-state index in [1.54, 1.807) is 0 Å². The van der Waals surface area contributed by atoms with E-state index in [9.17, 15) is 0 Å². The highest BCUT2D eigenvalue weighted by Crippen LogP contribution is 2.40. The second-order valence-corrected chi connectivity index (χ2v) is 18.6. The van der Waals surface area contributed by atoms with Crippen LogP contribution < -0.4 is 20.7 Å². The van der Waals surface area contributed by atoms with Gasteiger partial charge in [0, 0.05) is 32.9 Å². The molecule has 268 valence electrons. The molecule has 2 aromatic heterocycles. The van der Waals surface area contributed by atoms with E-state index >= 15 is 0 Å². The van der Waals surface area contributed by atoms with E-state index in [0.717, 1.165) is 11.4 Å². The van der Waals surface area contributed by atoms with Crippen molar-refractivity contribution < 1.29 is 0 Å². The molecule has 0 unspecified atom stereocenters. The number of para-hydroxylation sites is 3. The van der Waals surface area contributed by atoms with Gasteiger partial charge in [0.2, 0.25) is 0 Å². The fourth-order valence-corrected chi connectivity index (χ4v) is 14.4. The van der Waals surface area contributed by atoms with Gasteiger partial charge >= 0.3 is 0 Å². The predicted molar refractivity (Wildman–Crippen MR) is 244 cm³/mol. The van der Waals surface area contributed by atoms with Crippen LogP contribution in [0.2, 0.25) is 0 Å². The zero-order chi connectivity index (χ0) is 37.8. The fraction of sp³-hybridized carbons (Fsp3) is 0. The Morgan fingerprint density at radius 2 is 0.789 bits per heavy atom. The average Bonchev–Trinajstić information content (AvgIpc) is 3.82. The summed E-state index contributed by atoms with van der Waals surface area (Å²) in [6.45, 7) is 0. The third-order valence-corrected chi connectivity index (χ3v) is 16.7. The Morgan fingerprint density at radius 3 is 1.39 bits per heavy atom. The first-order valence-electron chi connectivity index (χ1n) is 19.7. The van der Waals surface area contributed by atoms with Crippen molar-refractivity contribution in [3.05, 3.63) is 231 Å². The van der Waals surface area contributed by atoms with E-state index in [2.05, 4.69) is 240 Å². The number of aromatic nitrogens is 2. The Kier molecular flexibility index (Phi) is 7.87. The van der Waals surface area contributed by atoms with Crippen LogP contribution in [0, 0.1) is 0 Å². The molecule has 2 nitrogen and oxygen atoms in total. The fourth-order valence-electron chi connectivity index (χ4n) is 9.51. The Morgan fingerprint density at radius 1 is 0.316 bits per heavy atom. The summed E-state index contributed by atoms with van der Waals surface area (Å²) in [5.74, 6) is 0. The summed E-state index contributed by atoms with van der Waals surface area (Å²) in [6.07, 6.45) is 0. The van der Waals surface area contributed by atoms with Gasteiger partial charge in [0.05, 0.1) is 22.1 Å². The molecule has 0 aliphatic carbocycles. The summed E-state index contributed by atoms with van der Waals surface area (Å²) in [5, 5.41) is 10.4. The Hall–Kier alpha value is -7.20. The number of hydrogen-bond donors (Lipinski definition) is 0. The summed E-state index contributed by atoms with van der Waals surface area (Å²) in [6, 6.07) is 85.3. The van der Waals surface area contributed by atoms with Gasteiger partial charge in [-0.1, -0.05) is 194 Å². The van der Waals surface area contributed by atoms with E-state index in [0.29, 0.717) is 0 Å². The molecule has 0 amide bonds. The lowest BCUT2D eigenvalue weighted by Gasteiger charge is -2.35. The summed E-state index contributed by atoms with van der Waals surface area (Å²) in [5.41, 5.74) is 9.57. The normalized spacial score (nSPS) is 11.9. The standard InChI is InChI=1S/C54H38N2Si/c1-6-20-39(21-7-1)45-36-37-52(57(42-24-10-3-11-25-42,43-26-12-4-13-27-43)44-28-14-5-15-29-44)54-53(45)48-31-17-19-33-50(48)56(54)41-34-35-47-46-30-16-18-32-49(46)55(51(47)38-41)40-22-8-2-9-23-40/h1-38H. The first kappa shape index (κ1) is 33.2. The number of fused-ring (bicyclic) bond motifs is 6. The van der Waals surface area contributed by atoms with Crippen molar-refractivity contribution in [3.63, 3.8) is 0 Å². The Labute approximate surface area is 333 Å². The number of rotatable bonds is 7. The third-order valence-electron chi connectivity index (χ3n) is 11.9. The van der Waals surface area contributed by atoms with Gasteiger partial charge in [-0.2, -0.15) is 0 Å². The Bertz CT molecular complexity index is 3110. The quantitative estimate of drug-likeness (QED) is 0.114. The predicted octanol–water partition coefficient (Wildman–Crippen LogP) is 10.9. The van der Waals surface area contributed by atoms with Crippen LogP contribution in [0.1, 0.15) is 0 Å². The van der Waals surface area contributed by atoms with E-state index in [1.165, 1.54) is 75.5 Å². The van der Waals surface area contributed by atoms with E-state index in [4.69, 9.17) is 0 Å². The number of nitrogens with zero attached hydrogens (tertiary/aromatic N) is 2. The van der Waals surface area contributed by atoms with E-state index < -0.39 is 8.07 Å². The SMILES string of the molecule is c1ccc(-c2ccc([Si](c3ccccc3)(c3ccccc3)c3ccccc3)c3c2c2ccccc2n3-c2ccc3c4ccccc4n(-c4ccccc4)c3c2)cc1. The van der Waals surface area contributed by atoms with Crippen molar-refractivity contribution >= 4 is 72.4 Å². The van der Waals surface area contributed by atoms with Gasteiger partial charge in [-0.05, 0) is 68.3 Å². The smallest absolute Gasteiger partial charge is 0.181 e. The monoisotopic (exact) mass is 742 g/mol. The molecule has 0 fully saturated rings. The van der Waals surface area contributed by atoms with Crippen molar-refractivity contribution in [2.45, 2.75) is 0 Å². The second-order valence-electron chi connectivity index (χ2n) is 14.8. The molecule has 2 heterocycles. The van der Waals surface area contributed by atoms with Crippen molar-refractivity contribution in [1.29, 1.82) is 0 Å². The molecule has 0 bridgehead atoms. The van der Waals surface area contributed by atoms with Gasteiger partial charge in [0.15, 0.2) is 8.07 Å². The molecule has 0 aliphatic rings. The summed E-state index contributed by atoms with van der Waals surface area (Å²) in [7, 11) is -2.99. The van der Waals surface area contributed by atoms with E-state index in [1.807, 2.05) is 0 Å². The molecule has 0 saturated heterocycles. The molecule has 11 rings (SSSR count). The van der Waals surface area contributed by atoms with Crippen LogP contribution in [0.5, 0.6) is 0 Å². The average molecular weight is 743 g/mol. The van der Waals surface area contributed by atoms with Crippen LogP contribution in [0.25, 0.3) is 66.1 Å². The van der Waals surface area contributed by atoms with E-state index in [-0.39, 0.29) is 0 Å². The highest BCUT2D eigenvalue weighted by Gasteiger charge is 2.43. The number of hydrogen-bond acceptors (Lipinski definition) is 0. The third kappa shape index (κ3) is 5.10. The van der Waals surface area contributed by atoms with Crippen LogP contribution >= 0.6 is 0 Å². The van der Waals surface area contributed by atoms with Crippen molar-refractivity contribution in [3.8, 4) is 22.5 Å². The van der Waals surface area contributed by atoms with Gasteiger partial charge < -0.3 is 9.13 Å². The van der Waals surface area contributed by atoms with Crippen LogP contribution in [0.3, 0.4) is 0 Å². The van der Waals surface area contributed by atoms with Crippen molar-refractivity contribution in [2.24, 2.45) is 0 Å². The Balaban J connectivity index is 1.35. The molecule has 0 aliphatic heterocycles. The van der Waals surface area contributed by atoms with Crippen molar-refractivity contribution in [1.82, 2.24) is 9.13 Å². The van der Waals surface area contributed by atoms with Gasteiger partial charge in [-0.15, -0.1) is 0 Å². The first-order chi connectivity index (χ1) is 28.3. The first-order valence-corrected chi connectivity index (χ1v) is 21.7. The zero-order valence-electron chi connectivity index (χ0n) is 31.3. The summed E-state index contributed by atoms with van der Waals surface area (Å²) < 4.78 is 5.00. The van der Waals surface area contributed by atoms with Crippen LogP contribution in [-0.4, -0.2) is 17.2 Å². The minimum absolute atomic E-state index is 1.14. The highest BCUT2D eigenvalue weighted by atomic mass is 28.3. The minimum atomic E-state index is -2.99. The molecule has 0 atom stereocenters. The molecule has 0 radical (unpaired) electrons. The molecule has 0 spiro atoms.